The maximum atomic E-state index is 13.0. The zero-order chi connectivity index (χ0) is 23.2. The normalized spacial score (nSPS) is 12.7. The molecular formula is C25H27N3O5. The van der Waals surface area contributed by atoms with Gasteiger partial charge in [0.15, 0.2) is 23.8 Å². The van der Waals surface area contributed by atoms with Crippen molar-refractivity contribution in [1.82, 2.24) is 14.7 Å². The van der Waals surface area contributed by atoms with Gasteiger partial charge in [0.05, 0.1) is 31.1 Å². The summed E-state index contributed by atoms with van der Waals surface area (Å²) < 4.78 is 18.3. The maximum absolute atomic E-state index is 13.0. The molecule has 0 unspecified atom stereocenters. The molecule has 33 heavy (non-hydrogen) atoms. The highest BCUT2D eigenvalue weighted by molar-refractivity contribution is 5.90. The molecule has 0 radical (unpaired) electrons. The van der Waals surface area contributed by atoms with E-state index in [2.05, 4.69) is 5.10 Å². The van der Waals surface area contributed by atoms with Crippen molar-refractivity contribution < 1.29 is 23.8 Å². The summed E-state index contributed by atoms with van der Waals surface area (Å²) in [7, 11) is 0. The Labute approximate surface area is 192 Å². The first-order chi connectivity index (χ1) is 16.1. The number of carbonyl (C=O) groups is 2. The Hall–Kier alpha value is -3.81. The number of rotatable bonds is 8. The molecule has 1 aromatic heterocycles. The van der Waals surface area contributed by atoms with E-state index in [1.807, 2.05) is 49.4 Å². The number of ether oxygens (including phenoxy) is 3. The van der Waals surface area contributed by atoms with Crippen molar-refractivity contribution in [3.63, 3.8) is 0 Å². The third-order valence-electron chi connectivity index (χ3n) is 5.38. The molecule has 4 rings (SSSR count). The molecular weight excluding hydrogens is 422 g/mol. The summed E-state index contributed by atoms with van der Waals surface area (Å²) in [6.07, 6.45) is 0.567. The monoisotopic (exact) mass is 449 g/mol. The first-order valence-corrected chi connectivity index (χ1v) is 11.1. The first kappa shape index (κ1) is 22.4. The average Bonchev–Trinajstić information content (AvgIpc) is 3.23. The van der Waals surface area contributed by atoms with Crippen molar-refractivity contribution in [2.45, 2.75) is 26.8 Å². The summed E-state index contributed by atoms with van der Waals surface area (Å²) in [4.78, 5) is 27.2. The van der Waals surface area contributed by atoms with Crippen LogP contribution >= 0.6 is 0 Å². The smallest absolute Gasteiger partial charge is 0.359 e. The van der Waals surface area contributed by atoms with Gasteiger partial charge in [-0.25, -0.2) is 9.48 Å². The average molecular weight is 450 g/mol. The third kappa shape index (κ3) is 4.84. The number of fused-ring (bicyclic) bond motifs is 1. The zero-order valence-corrected chi connectivity index (χ0v) is 18.8. The lowest BCUT2D eigenvalue weighted by Crippen LogP contribution is -2.39. The van der Waals surface area contributed by atoms with Crippen molar-refractivity contribution in [3.8, 4) is 17.2 Å². The van der Waals surface area contributed by atoms with Crippen molar-refractivity contribution in [2.75, 3.05) is 26.4 Å². The molecule has 8 heteroatoms. The van der Waals surface area contributed by atoms with Gasteiger partial charge in [-0.1, -0.05) is 30.3 Å². The number of carbonyl (C=O) groups excluding carboxylic acids is 2. The number of aromatic nitrogens is 2. The Morgan fingerprint density at radius 3 is 2.33 bits per heavy atom. The molecule has 3 aromatic rings. The zero-order valence-electron chi connectivity index (χ0n) is 18.8. The fourth-order valence-electron chi connectivity index (χ4n) is 3.85. The summed E-state index contributed by atoms with van der Waals surface area (Å²) in [6, 6.07) is 16.9. The van der Waals surface area contributed by atoms with Gasteiger partial charge in [0, 0.05) is 18.5 Å². The molecule has 2 aromatic carbocycles. The summed E-state index contributed by atoms with van der Waals surface area (Å²) >= 11 is 0. The van der Waals surface area contributed by atoms with Crippen LogP contribution in [0.25, 0.3) is 5.69 Å². The minimum atomic E-state index is -0.486. The molecule has 1 aliphatic heterocycles. The largest absolute Gasteiger partial charge is 0.490 e. The fourth-order valence-corrected chi connectivity index (χ4v) is 3.85. The number of hydrogen-bond acceptors (Lipinski definition) is 6. The molecule has 0 spiro atoms. The molecule has 172 valence electrons. The third-order valence-corrected chi connectivity index (χ3v) is 5.38. The molecule has 0 N–H and O–H groups in total. The van der Waals surface area contributed by atoms with Crippen LogP contribution in [0, 0.1) is 0 Å². The number of nitrogens with zero attached hydrogens (tertiary/aromatic N) is 3. The Kier molecular flexibility index (Phi) is 6.92. The number of benzene rings is 2. The number of amides is 1. The van der Waals surface area contributed by atoms with E-state index in [9.17, 15) is 9.59 Å². The van der Waals surface area contributed by atoms with E-state index < -0.39 is 5.97 Å². The van der Waals surface area contributed by atoms with Crippen molar-refractivity contribution >= 4 is 11.9 Å². The van der Waals surface area contributed by atoms with Crippen LogP contribution in [0.15, 0.2) is 54.6 Å². The van der Waals surface area contributed by atoms with Crippen LogP contribution in [-0.2, 0) is 22.5 Å². The lowest BCUT2D eigenvalue weighted by atomic mass is 10.0. The van der Waals surface area contributed by atoms with Crippen LogP contribution in [0.4, 0.5) is 0 Å². The van der Waals surface area contributed by atoms with Gasteiger partial charge < -0.3 is 19.1 Å². The number of hydrogen-bond donors (Lipinski definition) is 0. The molecule has 0 saturated heterocycles. The molecule has 0 saturated carbocycles. The van der Waals surface area contributed by atoms with E-state index in [1.165, 1.54) is 0 Å². The van der Waals surface area contributed by atoms with Crippen LogP contribution < -0.4 is 9.47 Å². The number of para-hydroxylation sites is 3. The van der Waals surface area contributed by atoms with Gasteiger partial charge in [0.25, 0.3) is 5.91 Å². The molecule has 0 fully saturated rings. The molecule has 1 aliphatic rings. The van der Waals surface area contributed by atoms with Gasteiger partial charge in [0.1, 0.15) is 0 Å². The van der Waals surface area contributed by atoms with Gasteiger partial charge in [-0.05, 0) is 38.1 Å². The number of esters is 1. The molecule has 1 amide bonds. The topological polar surface area (TPSA) is 82.9 Å². The SMILES string of the molecule is CCOC(=O)c1nn(-c2ccccc2)c2c1CN(C(=O)COc1ccccc1OCC)CC2. The lowest BCUT2D eigenvalue weighted by molar-refractivity contribution is -0.134. The summed E-state index contributed by atoms with van der Waals surface area (Å²) in [5.41, 5.74) is 2.73. The van der Waals surface area contributed by atoms with Crippen LogP contribution in [0.3, 0.4) is 0 Å². The highest BCUT2D eigenvalue weighted by atomic mass is 16.5. The second-order valence-electron chi connectivity index (χ2n) is 7.48. The molecule has 0 atom stereocenters. The van der Waals surface area contributed by atoms with E-state index in [1.54, 1.807) is 28.6 Å². The van der Waals surface area contributed by atoms with E-state index in [-0.39, 0.29) is 31.4 Å². The molecule has 8 nitrogen and oxygen atoms in total. The van der Waals surface area contributed by atoms with Gasteiger partial charge in [-0.3, -0.25) is 4.79 Å². The summed E-state index contributed by atoms with van der Waals surface area (Å²) in [5, 5.41) is 4.56. The summed E-state index contributed by atoms with van der Waals surface area (Å²) in [5.74, 6) is 0.464. The fraction of sp³-hybridized carbons (Fsp3) is 0.320. The molecule has 0 aliphatic carbocycles. The second kappa shape index (κ2) is 10.2. The molecule has 0 bridgehead atoms. The van der Waals surface area contributed by atoms with Crippen molar-refractivity contribution in [2.24, 2.45) is 0 Å². The van der Waals surface area contributed by atoms with Gasteiger partial charge in [-0.2, -0.15) is 5.10 Å². The predicted octanol–water partition coefficient (Wildman–Crippen LogP) is 3.41. The maximum Gasteiger partial charge on any atom is 0.359 e. The highest BCUT2D eigenvalue weighted by Crippen LogP contribution is 2.28. The van der Waals surface area contributed by atoms with Crippen LogP contribution in [0.2, 0.25) is 0 Å². The lowest BCUT2D eigenvalue weighted by Gasteiger charge is -2.28. The van der Waals surface area contributed by atoms with Crippen molar-refractivity contribution in [1.29, 1.82) is 0 Å². The van der Waals surface area contributed by atoms with E-state index in [4.69, 9.17) is 14.2 Å². The van der Waals surface area contributed by atoms with E-state index in [0.29, 0.717) is 36.6 Å². The van der Waals surface area contributed by atoms with Gasteiger partial charge in [0.2, 0.25) is 0 Å². The Morgan fingerprint density at radius 2 is 1.64 bits per heavy atom. The quantitative estimate of drug-likeness (QED) is 0.490. The highest BCUT2D eigenvalue weighted by Gasteiger charge is 2.31. The minimum absolute atomic E-state index is 0.124. The standard InChI is InChI=1S/C25H27N3O5/c1-3-31-21-12-8-9-13-22(21)33-17-23(29)27-15-14-20-19(16-27)24(25(30)32-4-2)26-28(20)18-10-6-5-7-11-18/h5-13H,3-4,14-17H2,1-2H3. The first-order valence-electron chi connectivity index (χ1n) is 11.1. The van der Waals surface area contributed by atoms with E-state index >= 15 is 0 Å². The summed E-state index contributed by atoms with van der Waals surface area (Å²) in [6.45, 7) is 5.05. The Bertz CT molecular complexity index is 1130. The van der Waals surface area contributed by atoms with E-state index in [0.717, 1.165) is 11.4 Å². The minimum Gasteiger partial charge on any atom is -0.490 e. The van der Waals surface area contributed by atoms with Gasteiger partial charge in [-0.15, -0.1) is 0 Å². The predicted molar refractivity (Wildman–Crippen MR) is 122 cm³/mol. The van der Waals surface area contributed by atoms with Gasteiger partial charge >= 0.3 is 5.97 Å². The molecule has 2 heterocycles. The van der Waals surface area contributed by atoms with Crippen LogP contribution in [0.5, 0.6) is 11.5 Å². The second-order valence-corrected chi connectivity index (χ2v) is 7.48. The van der Waals surface area contributed by atoms with Crippen molar-refractivity contribution in [3.05, 3.63) is 71.5 Å². The van der Waals surface area contributed by atoms with Crippen LogP contribution in [-0.4, -0.2) is 52.9 Å². The van der Waals surface area contributed by atoms with Crippen LogP contribution in [0.1, 0.15) is 35.6 Å². The Morgan fingerprint density at radius 1 is 0.939 bits per heavy atom. The Balaban J connectivity index is 1.54.